The molecule has 0 aliphatic carbocycles. The van der Waals surface area contributed by atoms with Crippen LogP contribution in [0, 0.1) is 0 Å². The van der Waals surface area contributed by atoms with Gasteiger partial charge in [-0.1, -0.05) is 43.4 Å². The van der Waals surface area contributed by atoms with Gasteiger partial charge >= 0.3 is 0 Å². The van der Waals surface area contributed by atoms with Gasteiger partial charge < -0.3 is 0 Å². The van der Waals surface area contributed by atoms with Crippen molar-refractivity contribution in [2.75, 3.05) is 0 Å². The maximum Gasteiger partial charge on any atom is 0.234 e. The van der Waals surface area contributed by atoms with Gasteiger partial charge in [-0.3, -0.25) is 0 Å². The summed E-state index contributed by atoms with van der Waals surface area (Å²) in [6.07, 6.45) is 0. The van der Waals surface area contributed by atoms with Gasteiger partial charge in [-0.2, -0.15) is 9.61 Å². The highest BCUT2D eigenvalue weighted by Gasteiger charge is 2.15. The second kappa shape index (κ2) is 4.90. The van der Waals surface area contributed by atoms with Gasteiger partial charge in [0, 0.05) is 17.4 Å². The Kier molecular flexibility index (Phi) is 3.24. The molecule has 19 heavy (non-hydrogen) atoms. The first kappa shape index (κ1) is 12.6. The molecule has 6 heteroatoms. The third-order valence-electron chi connectivity index (χ3n) is 2.86. The lowest BCUT2D eigenvalue weighted by atomic mass is 10.1. The molecule has 1 aromatic carbocycles. The van der Waals surface area contributed by atoms with Crippen molar-refractivity contribution in [1.82, 2.24) is 19.8 Å². The minimum atomic E-state index is 0.305. The molecular weight excluding hydrogens is 280 g/mol. The van der Waals surface area contributed by atoms with Crippen molar-refractivity contribution in [3.05, 3.63) is 35.7 Å². The Morgan fingerprint density at radius 2 is 2.16 bits per heavy atom. The van der Waals surface area contributed by atoms with Crippen LogP contribution in [0.3, 0.4) is 0 Å². The van der Waals surface area contributed by atoms with Crippen LogP contribution in [-0.2, 0) is 5.88 Å². The summed E-state index contributed by atoms with van der Waals surface area (Å²) in [4.78, 5) is 0.829. The number of halogens is 1. The lowest BCUT2D eigenvalue weighted by Crippen LogP contribution is -1.97. The molecule has 3 aromatic rings. The lowest BCUT2D eigenvalue weighted by Gasteiger charge is -2.00. The molecule has 0 aliphatic rings. The molecule has 0 aliphatic heterocycles. The van der Waals surface area contributed by atoms with Gasteiger partial charge in [0.2, 0.25) is 4.96 Å². The third-order valence-corrected chi connectivity index (χ3v) is 4.12. The summed E-state index contributed by atoms with van der Waals surface area (Å²) < 4.78 is 1.83. The van der Waals surface area contributed by atoms with Crippen molar-refractivity contribution in [3.63, 3.8) is 0 Å². The van der Waals surface area contributed by atoms with Crippen molar-refractivity contribution >= 4 is 27.9 Å². The number of hydrogen-bond acceptors (Lipinski definition) is 4. The number of aromatic nitrogens is 4. The van der Waals surface area contributed by atoms with E-state index in [9.17, 15) is 0 Å². The summed E-state index contributed by atoms with van der Waals surface area (Å²) in [6.45, 7) is 4.17. The first-order valence-electron chi connectivity index (χ1n) is 6.06. The number of nitrogens with zero attached hydrogens (tertiary/aromatic N) is 4. The van der Waals surface area contributed by atoms with Gasteiger partial charge in [0.1, 0.15) is 5.01 Å². The van der Waals surface area contributed by atoms with Crippen LogP contribution in [0.15, 0.2) is 24.3 Å². The van der Waals surface area contributed by atoms with E-state index in [2.05, 4.69) is 35.2 Å². The third kappa shape index (κ3) is 2.24. The van der Waals surface area contributed by atoms with Crippen LogP contribution in [0.1, 0.15) is 31.2 Å². The van der Waals surface area contributed by atoms with Gasteiger partial charge in [-0.15, -0.1) is 21.8 Å². The maximum atomic E-state index is 5.87. The second-order valence-corrected chi connectivity index (χ2v) is 5.87. The largest absolute Gasteiger partial charge is 0.234 e. The highest BCUT2D eigenvalue weighted by Crippen LogP contribution is 2.27. The quantitative estimate of drug-likeness (QED) is 0.691. The van der Waals surface area contributed by atoms with Crippen molar-refractivity contribution in [1.29, 1.82) is 0 Å². The molecule has 0 spiro atoms. The molecular formula is C13H13ClN4S. The van der Waals surface area contributed by atoms with E-state index in [1.54, 1.807) is 11.3 Å². The van der Waals surface area contributed by atoms with Crippen LogP contribution < -0.4 is 0 Å². The van der Waals surface area contributed by atoms with Crippen LogP contribution in [0.4, 0.5) is 0 Å². The van der Waals surface area contributed by atoms with Crippen molar-refractivity contribution < 1.29 is 0 Å². The van der Waals surface area contributed by atoms with Gasteiger partial charge in [-0.25, -0.2) is 0 Å². The van der Waals surface area contributed by atoms with Gasteiger partial charge in [0.15, 0.2) is 5.82 Å². The fraction of sp³-hybridized carbons (Fsp3) is 0.308. The van der Waals surface area contributed by atoms with Crippen LogP contribution in [-0.4, -0.2) is 19.8 Å². The van der Waals surface area contributed by atoms with Crippen molar-refractivity contribution in [2.24, 2.45) is 0 Å². The molecule has 0 amide bonds. The molecule has 0 saturated carbocycles. The normalized spacial score (nSPS) is 11.6. The minimum Gasteiger partial charge on any atom is -0.187 e. The molecule has 0 atom stereocenters. The van der Waals surface area contributed by atoms with Gasteiger partial charge in [0.25, 0.3) is 0 Å². The number of benzene rings is 1. The zero-order chi connectivity index (χ0) is 13.4. The van der Waals surface area contributed by atoms with Crippen molar-refractivity contribution in [2.45, 2.75) is 25.6 Å². The fourth-order valence-electron chi connectivity index (χ4n) is 1.90. The van der Waals surface area contributed by atoms with Crippen LogP contribution in [0.2, 0.25) is 0 Å². The van der Waals surface area contributed by atoms with E-state index in [1.807, 2.05) is 22.7 Å². The van der Waals surface area contributed by atoms with Crippen LogP contribution in [0.5, 0.6) is 0 Å². The standard InChI is InChI=1S/C13H13ClN4S/c1-8(2)11-15-16-13-18(11)17-12(19-13)10-5-3-4-9(6-10)7-14/h3-6,8H,7H2,1-2H3. The molecule has 2 aromatic heterocycles. The Bertz CT molecular complexity index is 716. The first-order chi connectivity index (χ1) is 9.19. The monoisotopic (exact) mass is 292 g/mol. The average molecular weight is 293 g/mol. The molecule has 3 rings (SSSR count). The van der Waals surface area contributed by atoms with E-state index in [1.165, 1.54) is 0 Å². The number of hydrogen-bond donors (Lipinski definition) is 0. The zero-order valence-electron chi connectivity index (χ0n) is 10.7. The molecule has 0 unspecified atom stereocenters. The number of rotatable bonds is 3. The van der Waals surface area contributed by atoms with E-state index < -0.39 is 0 Å². The van der Waals surface area contributed by atoms with Crippen molar-refractivity contribution in [3.8, 4) is 10.6 Å². The van der Waals surface area contributed by atoms with Crippen LogP contribution >= 0.6 is 22.9 Å². The van der Waals surface area contributed by atoms with E-state index in [0.29, 0.717) is 11.8 Å². The highest BCUT2D eigenvalue weighted by molar-refractivity contribution is 7.19. The van der Waals surface area contributed by atoms with E-state index in [0.717, 1.165) is 26.9 Å². The Morgan fingerprint density at radius 1 is 1.32 bits per heavy atom. The molecule has 0 N–H and O–H groups in total. The van der Waals surface area contributed by atoms with E-state index in [4.69, 9.17) is 11.6 Å². The summed E-state index contributed by atoms with van der Waals surface area (Å²) in [7, 11) is 0. The summed E-state index contributed by atoms with van der Waals surface area (Å²) >= 11 is 7.41. The first-order valence-corrected chi connectivity index (χ1v) is 7.41. The predicted molar refractivity (Wildman–Crippen MR) is 77.7 cm³/mol. The molecule has 0 saturated heterocycles. The summed E-state index contributed by atoms with van der Waals surface area (Å²) in [5.74, 6) is 1.71. The molecule has 4 nitrogen and oxygen atoms in total. The second-order valence-electron chi connectivity index (χ2n) is 4.65. The minimum absolute atomic E-state index is 0.305. The van der Waals surface area contributed by atoms with E-state index >= 15 is 0 Å². The smallest absolute Gasteiger partial charge is 0.187 e. The maximum absolute atomic E-state index is 5.87. The van der Waals surface area contributed by atoms with E-state index in [-0.39, 0.29) is 0 Å². The molecule has 0 fully saturated rings. The molecule has 2 heterocycles. The average Bonchev–Trinajstić information content (AvgIpc) is 2.98. The summed E-state index contributed by atoms with van der Waals surface area (Å²) in [5.41, 5.74) is 2.16. The van der Waals surface area contributed by atoms with Crippen LogP contribution in [0.25, 0.3) is 15.5 Å². The topological polar surface area (TPSA) is 43.1 Å². The van der Waals surface area contributed by atoms with Gasteiger partial charge in [0.05, 0.1) is 0 Å². The predicted octanol–water partition coefficient (Wildman–Crippen LogP) is 3.72. The SMILES string of the molecule is CC(C)c1nnc2sc(-c3cccc(CCl)c3)nn12. The zero-order valence-corrected chi connectivity index (χ0v) is 12.2. The Labute approximate surface area is 120 Å². The summed E-state index contributed by atoms with van der Waals surface area (Å²) in [5, 5.41) is 13.9. The highest BCUT2D eigenvalue weighted by atomic mass is 35.5. The molecule has 0 bridgehead atoms. The lowest BCUT2D eigenvalue weighted by molar-refractivity contribution is 0.727. The fourth-order valence-corrected chi connectivity index (χ4v) is 2.91. The molecule has 0 radical (unpaired) electrons. The Hall–Kier alpha value is -1.46. The molecule has 98 valence electrons. The number of fused-ring (bicyclic) bond motifs is 1. The van der Waals surface area contributed by atoms with Gasteiger partial charge in [-0.05, 0) is 11.6 Å². The number of alkyl halides is 1. The Balaban J connectivity index is 2.10. The Morgan fingerprint density at radius 3 is 2.89 bits per heavy atom. The summed E-state index contributed by atoms with van der Waals surface area (Å²) in [6, 6.07) is 8.11.